The molecule has 0 radical (unpaired) electrons. The highest BCUT2D eigenvalue weighted by atomic mass is 32.2. The van der Waals surface area contributed by atoms with Crippen molar-refractivity contribution >= 4 is 27.5 Å². The van der Waals surface area contributed by atoms with Crippen LogP contribution in [0.4, 0.5) is 5.69 Å². The van der Waals surface area contributed by atoms with Gasteiger partial charge in [0.15, 0.2) is 0 Å². The van der Waals surface area contributed by atoms with Gasteiger partial charge in [-0.2, -0.15) is 0 Å². The number of ether oxygens (including phenoxy) is 2. The Morgan fingerprint density at radius 1 is 0.927 bits per heavy atom. The molecular formula is C31H39N3O6S. The van der Waals surface area contributed by atoms with Crippen LogP contribution in [-0.2, 0) is 32.6 Å². The van der Waals surface area contributed by atoms with E-state index in [0.29, 0.717) is 18.1 Å². The molecule has 0 aromatic heterocycles. The van der Waals surface area contributed by atoms with E-state index >= 15 is 0 Å². The van der Waals surface area contributed by atoms with Gasteiger partial charge in [0.25, 0.3) is 0 Å². The Balaban J connectivity index is 2.09. The lowest BCUT2D eigenvalue weighted by atomic mass is 10.0. The Labute approximate surface area is 243 Å². The minimum Gasteiger partial charge on any atom is -0.497 e. The van der Waals surface area contributed by atoms with E-state index in [2.05, 4.69) is 5.32 Å². The predicted molar refractivity (Wildman–Crippen MR) is 161 cm³/mol. The van der Waals surface area contributed by atoms with Gasteiger partial charge in [-0.05, 0) is 56.2 Å². The summed E-state index contributed by atoms with van der Waals surface area (Å²) in [6.45, 7) is 5.35. The molecule has 41 heavy (non-hydrogen) atoms. The number of sulfonamides is 1. The molecule has 1 N–H and O–H groups in total. The summed E-state index contributed by atoms with van der Waals surface area (Å²) in [5, 5.41) is 2.94. The molecule has 0 heterocycles. The van der Waals surface area contributed by atoms with E-state index in [4.69, 9.17) is 9.47 Å². The number of methoxy groups -OCH3 is 1. The van der Waals surface area contributed by atoms with Crippen molar-refractivity contribution in [3.05, 3.63) is 90.0 Å². The van der Waals surface area contributed by atoms with Gasteiger partial charge in [-0.3, -0.25) is 13.9 Å². The third-order valence-electron chi connectivity index (χ3n) is 6.30. The van der Waals surface area contributed by atoms with Crippen LogP contribution in [0.25, 0.3) is 0 Å². The first-order valence-corrected chi connectivity index (χ1v) is 15.3. The summed E-state index contributed by atoms with van der Waals surface area (Å²) in [6.07, 6.45) is 1.28. The Hall–Kier alpha value is -4.05. The van der Waals surface area contributed by atoms with Gasteiger partial charge in [-0.15, -0.1) is 0 Å². The number of hydrogen-bond acceptors (Lipinski definition) is 6. The zero-order chi connectivity index (χ0) is 30.0. The molecule has 0 fully saturated rings. The molecule has 3 aromatic rings. The predicted octanol–water partition coefficient (Wildman–Crippen LogP) is 4.02. The number of hydrogen-bond donors (Lipinski definition) is 1. The fourth-order valence-electron chi connectivity index (χ4n) is 4.44. The average molecular weight is 582 g/mol. The van der Waals surface area contributed by atoms with Gasteiger partial charge < -0.3 is 19.7 Å². The maximum Gasteiger partial charge on any atom is 0.244 e. The molecule has 0 spiro atoms. The van der Waals surface area contributed by atoms with Crippen LogP contribution in [-0.4, -0.2) is 63.7 Å². The Bertz CT molecular complexity index is 1410. The van der Waals surface area contributed by atoms with E-state index in [1.54, 1.807) is 56.5 Å². The van der Waals surface area contributed by atoms with Crippen molar-refractivity contribution in [3.8, 4) is 11.5 Å². The highest BCUT2D eigenvalue weighted by Gasteiger charge is 2.34. The first kappa shape index (κ1) is 31.5. The molecule has 0 bridgehead atoms. The van der Waals surface area contributed by atoms with Crippen molar-refractivity contribution in [2.24, 2.45) is 0 Å². The molecular weight excluding hydrogens is 542 g/mol. The topological polar surface area (TPSA) is 105 Å². The van der Waals surface area contributed by atoms with Crippen LogP contribution in [0.5, 0.6) is 11.5 Å². The molecule has 0 aliphatic rings. The Kier molecular flexibility index (Phi) is 11.2. The standard InChI is InChI=1S/C31H39N3O6S/c1-6-40-29-18-11-10-17-27(29)34(41(5,37)38)22-30(35)33(21-25-15-12-16-26(19-25)39-4)28(31(36)32-23(2)3)20-24-13-8-7-9-14-24/h7-19,23,28H,6,20-22H2,1-5H3,(H,32,36)/t28-/m0/s1. The molecule has 220 valence electrons. The minimum absolute atomic E-state index is 0.0593. The van der Waals surface area contributed by atoms with Crippen LogP contribution < -0.4 is 19.1 Å². The van der Waals surface area contributed by atoms with Crippen molar-refractivity contribution in [2.75, 3.05) is 30.8 Å². The van der Waals surface area contributed by atoms with Crippen molar-refractivity contribution in [1.29, 1.82) is 0 Å². The van der Waals surface area contributed by atoms with Crippen LogP contribution in [0, 0.1) is 0 Å². The molecule has 10 heteroatoms. The summed E-state index contributed by atoms with van der Waals surface area (Å²) < 4.78 is 38.1. The van der Waals surface area contributed by atoms with E-state index < -0.39 is 28.5 Å². The summed E-state index contributed by atoms with van der Waals surface area (Å²) in [5.74, 6) is 0.0700. The highest BCUT2D eigenvalue weighted by Crippen LogP contribution is 2.30. The second kappa shape index (κ2) is 14.5. The minimum atomic E-state index is -3.91. The fourth-order valence-corrected chi connectivity index (χ4v) is 5.29. The number of carbonyl (C=O) groups excluding carboxylic acids is 2. The number of carbonyl (C=O) groups is 2. The highest BCUT2D eigenvalue weighted by molar-refractivity contribution is 7.92. The molecule has 1 atom stereocenters. The van der Waals surface area contributed by atoms with Crippen LogP contribution in [0.15, 0.2) is 78.9 Å². The van der Waals surface area contributed by atoms with Gasteiger partial charge in [-0.25, -0.2) is 8.42 Å². The van der Waals surface area contributed by atoms with Gasteiger partial charge in [0, 0.05) is 19.0 Å². The number of nitrogens with zero attached hydrogens (tertiary/aromatic N) is 2. The quantitative estimate of drug-likeness (QED) is 0.308. The summed E-state index contributed by atoms with van der Waals surface area (Å²) in [6, 6.07) is 22.2. The normalized spacial score (nSPS) is 12.0. The fraction of sp³-hybridized carbons (Fsp3) is 0.355. The molecule has 3 rings (SSSR count). The molecule has 0 aliphatic carbocycles. The lowest BCUT2D eigenvalue weighted by Gasteiger charge is -2.34. The van der Waals surface area contributed by atoms with Gasteiger partial charge in [0.1, 0.15) is 24.1 Å². The number of para-hydroxylation sites is 2. The molecule has 0 saturated carbocycles. The number of rotatable bonds is 14. The molecule has 2 amide bonds. The lowest BCUT2D eigenvalue weighted by Crippen LogP contribution is -2.54. The smallest absolute Gasteiger partial charge is 0.244 e. The number of amides is 2. The van der Waals surface area contributed by atoms with Gasteiger partial charge in [-0.1, -0.05) is 54.6 Å². The monoisotopic (exact) mass is 581 g/mol. The van der Waals surface area contributed by atoms with Crippen LogP contribution in [0.1, 0.15) is 31.9 Å². The first-order chi connectivity index (χ1) is 19.5. The maximum absolute atomic E-state index is 14.2. The van der Waals surface area contributed by atoms with Crippen LogP contribution in [0.3, 0.4) is 0 Å². The third kappa shape index (κ3) is 8.97. The van der Waals surface area contributed by atoms with Crippen molar-refractivity contribution in [2.45, 2.75) is 45.8 Å². The zero-order valence-electron chi connectivity index (χ0n) is 24.2. The number of nitrogens with one attached hydrogen (secondary N) is 1. The van der Waals surface area contributed by atoms with E-state index in [1.807, 2.05) is 50.2 Å². The van der Waals surface area contributed by atoms with E-state index in [1.165, 1.54) is 4.90 Å². The molecule has 0 aliphatic heterocycles. The summed E-state index contributed by atoms with van der Waals surface area (Å²) in [7, 11) is -2.36. The molecule has 0 saturated heterocycles. The molecule has 0 unspecified atom stereocenters. The van der Waals surface area contributed by atoms with Gasteiger partial charge >= 0.3 is 0 Å². The molecule has 3 aromatic carbocycles. The molecule has 9 nitrogen and oxygen atoms in total. The first-order valence-electron chi connectivity index (χ1n) is 13.5. The van der Waals surface area contributed by atoms with E-state index in [0.717, 1.165) is 21.7 Å². The summed E-state index contributed by atoms with van der Waals surface area (Å²) in [5.41, 5.74) is 1.84. The number of anilines is 1. The summed E-state index contributed by atoms with van der Waals surface area (Å²) in [4.78, 5) is 29.3. The van der Waals surface area contributed by atoms with Crippen molar-refractivity contribution in [1.82, 2.24) is 10.2 Å². The average Bonchev–Trinajstić information content (AvgIpc) is 2.93. The Morgan fingerprint density at radius 3 is 2.22 bits per heavy atom. The second-order valence-electron chi connectivity index (χ2n) is 9.91. The van der Waals surface area contributed by atoms with Gasteiger partial charge in [0.2, 0.25) is 21.8 Å². The van der Waals surface area contributed by atoms with Gasteiger partial charge in [0.05, 0.1) is 25.7 Å². The Morgan fingerprint density at radius 2 is 1.59 bits per heavy atom. The third-order valence-corrected chi connectivity index (χ3v) is 7.43. The maximum atomic E-state index is 14.2. The van der Waals surface area contributed by atoms with Crippen molar-refractivity contribution < 1.29 is 27.5 Å². The number of benzene rings is 3. The van der Waals surface area contributed by atoms with E-state index in [-0.39, 0.29) is 30.6 Å². The second-order valence-corrected chi connectivity index (χ2v) is 11.8. The van der Waals surface area contributed by atoms with Crippen LogP contribution >= 0.6 is 0 Å². The largest absolute Gasteiger partial charge is 0.497 e. The van der Waals surface area contributed by atoms with E-state index in [9.17, 15) is 18.0 Å². The summed E-state index contributed by atoms with van der Waals surface area (Å²) >= 11 is 0. The SMILES string of the molecule is CCOc1ccccc1N(CC(=O)N(Cc1cccc(OC)c1)[C@@H](Cc1ccccc1)C(=O)NC(C)C)S(C)(=O)=O. The van der Waals surface area contributed by atoms with Crippen molar-refractivity contribution in [3.63, 3.8) is 0 Å². The lowest BCUT2D eigenvalue weighted by molar-refractivity contribution is -0.140. The van der Waals surface area contributed by atoms with Crippen LogP contribution in [0.2, 0.25) is 0 Å². The zero-order valence-corrected chi connectivity index (χ0v) is 25.1.